The number of hydrogen-bond acceptors (Lipinski definition) is 2. The lowest BCUT2D eigenvalue weighted by atomic mass is 9.69. The van der Waals surface area contributed by atoms with E-state index >= 15 is 0 Å². The third-order valence-corrected chi connectivity index (χ3v) is 5.11. The molecule has 2 nitrogen and oxygen atoms in total. The van der Waals surface area contributed by atoms with Crippen LogP contribution in [-0.2, 0) is 4.74 Å². The van der Waals surface area contributed by atoms with E-state index < -0.39 is 0 Å². The van der Waals surface area contributed by atoms with E-state index in [1.807, 2.05) is 6.92 Å². The van der Waals surface area contributed by atoms with Gasteiger partial charge in [0.15, 0.2) is 0 Å². The predicted octanol–water partition coefficient (Wildman–Crippen LogP) is 4.13. The number of halogens is 1. The first-order chi connectivity index (χ1) is 10.1. The summed E-state index contributed by atoms with van der Waals surface area (Å²) >= 11 is 0. The molecule has 2 fully saturated rings. The first-order valence-corrected chi connectivity index (χ1v) is 8.26. The lowest BCUT2D eigenvalue weighted by molar-refractivity contribution is -0.147. The van der Waals surface area contributed by atoms with E-state index in [9.17, 15) is 4.39 Å². The number of aryl methyl sites for hydroxylation is 1. The zero-order valence-electron chi connectivity index (χ0n) is 13.1. The molecule has 0 aromatic heterocycles. The molecule has 116 valence electrons. The summed E-state index contributed by atoms with van der Waals surface area (Å²) in [6, 6.07) is 5.66. The Kier molecular flexibility index (Phi) is 4.32. The molecule has 0 bridgehead atoms. The molecule has 1 heterocycles. The SMILES string of the molecule is CCNC(c1cc(C)cc(F)c1)C1CCOC2(CCC2)C1. The number of rotatable bonds is 4. The van der Waals surface area contributed by atoms with Crippen molar-refractivity contribution in [2.75, 3.05) is 13.2 Å². The van der Waals surface area contributed by atoms with Gasteiger partial charge in [-0.25, -0.2) is 4.39 Å². The second-order valence-electron chi connectivity index (χ2n) is 6.74. The highest BCUT2D eigenvalue weighted by Gasteiger charge is 2.44. The number of ether oxygens (including phenoxy) is 1. The van der Waals surface area contributed by atoms with Crippen LogP contribution in [0.15, 0.2) is 18.2 Å². The van der Waals surface area contributed by atoms with Gasteiger partial charge < -0.3 is 10.1 Å². The summed E-state index contributed by atoms with van der Waals surface area (Å²) in [7, 11) is 0. The maximum Gasteiger partial charge on any atom is 0.123 e. The molecule has 1 saturated carbocycles. The fourth-order valence-electron chi connectivity index (χ4n) is 3.99. The topological polar surface area (TPSA) is 21.3 Å². The van der Waals surface area contributed by atoms with E-state index in [1.165, 1.54) is 19.3 Å². The summed E-state index contributed by atoms with van der Waals surface area (Å²) in [5.41, 5.74) is 2.23. The minimum atomic E-state index is -0.127. The van der Waals surface area contributed by atoms with Gasteiger partial charge in [0.2, 0.25) is 0 Å². The minimum Gasteiger partial charge on any atom is -0.375 e. The zero-order chi connectivity index (χ0) is 14.9. The van der Waals surface area contributed by atoms with Gasteiger partial charge >= 0.3 is 0 Å². The lowest BCUT2D eigenvalue weighted by Gasteiger charge is -2.49. The highest BCUT2D eigenvalue weighted by Crippen LogP contribution is 2.47. The highest BCUT2D eigenvalue weighted by molar-refractivity contribution is 5.27. The quantitative estimate of drug-likeness (QED) is 0.900. The van der Waals surface area contributed by atoms with Gasteiger partial charge in [0, 0.05) is 12.6 Å². The van der Waals surface area contributed by atoms with Crippen molar-refractivity contribution in [3.05, 3.63) is 35.1 Å². The Morgan fingerprint density at radius 1 is 1.38 bits per heavy atom. The summed E-state index contributed by atoms with van der Waals surface area (Å²) in [6.07, 6.45) is 5.86. The summed E-state index contributed by atoms with van der Waals surface area (Å²) in [5, 5.41) is 3.59. The van der Waals surface area contributed by atoms with Gasteiger partial charge in [0.05, 0.1) is 5.60 Å². The van der Waals surface area contributed by atoms with Crippen LogP contribution < -0.4 is 5.32 Å². The van der Waals surface area contributed by atoms with Crippen molar-refractivity contribution < 1.29 is 9.13 Å². The van der Waals surface area contributed by atoms with Crippen LogP contribution in [0.4, 0.5) is 4.39 Å². The molecule has 1 aliphatic carbocycles. The maximum absolute atomic E-state index is 13.8. The van der Waals surface area contributed by atoms with E-state index in [0.29, 0.717) is 5.92 Å². The van der Waals surface area contributed by atoms with Crippen molar-refractivity contribution >= 4 is 0 Å². The lowest BCUT2D eigenvalue weighted by Crippen LogP contribution is -2.48. The minimum absolute atomic E-state index is 0.127. The number of hydrogen-bond donors (Lipinski definition) is 1. The Bertz CT molecular complexity index is 478. The second-order valence-corrected chi connectivity index (χ2v) is 6.74. The normalized spacial score (nSPS) is 25.6. The third kappa shape index (κ3) is 3.14. The standard InChI is InChI=1S/C18H26FNO/c1-3-20-17(15-9-13(2)10-16(19)11-15)14-5-8-21-18(12-14)6-4-7-18/h9-11,14,17,20H,3-8,12H2,1-2H3. The summed E-state index contributed by atoms with van der Waals surface area (Å²) in [5.74, 6) is 0.415. The van der Waals surface area contributed by atoms with Gasteiger partial charge in [-0.3, -0.25) is 0 Å². The molecule has 21 heavy (non-hydrogen) atoms. The Morgan fingerprint density at radius 3 is 2.81 bits per heavy atom. The molecule has 3 heteroatoms. The molecule has 2 atom stereocenters. The molecule has 2 aliphatic rings. The summed E-state index contributed by atoms with van der Waals surface area (Å²) < 4.78 is 19.8. The van der Waals surface area contributed by atoms with Crippen molar-refractivity contribution in [3.8, 4) is 0 Å². The molecule has 1 aliphatic heterocycles. The molecule has 1 aromatic rings. The third-order valence-electron chi connectivity index (χ3n) is 5.11. The molecule has 1 spiro atoms. The van der Waals surface area contributed by atoms with Crippen molar-refractivity contribution in [3.63, 3.8) is 0 Å². The van der Waals surface area contributed by atoms with Gasteiger partial charge in [-0.15, -0.1) is 0 Å². The molecule has 1 saturated heterocycles. The molecule has 0 radical (unpaired) electrons. The molecule has 3 rings (SSSR count). The summed E-state index contributed by atoms with van der Waals surface area (Å²) in [6.45, 7) is 5.84. The van der Waals surface area contributed by atoms with E-state index in [-0.39, 0.29) is 17.5 Å². The highest BCUT2D eigenvalue weighted by atomic mass is 19.1. The van der Waals surface area contributed by atoms with Gasteiger partial charge in [-0.05, 0) is 74.8 Å². The van der Waals surface area contributed by atoms with Crippen LogP contribution >= 0.6 is 0 Å². The Labute approximate surface area is 127 Å². The van der Waals surface area contributed by atoms with E-state index in [4.69, 9.17) is 4.74 Å². The Morgan fingerprint density at radius 2 is 2.19 bits per heavy atom. The second kappa shape index (κ2) is 6.05. The van der Waals surface area contributed by atoms with Gasteiger partial charge in [-0.2, -0.15) is 0 Å². The van der Waals surface area contributed by atoms with E-state index in [0.717, 1.165) is 37.1 Å². The number of nitrogens with one attached hydrogen (secondary N) is 1. The monoisotopic (exact) mass is 291 g/mol. The first kappa shape index (κ1) is 15.0. The van der Waals surface area contributed by atoms with Crippen LogP contribution in [0.1, 0.15) is 56.2 Å². The van der Waals surface area contributed by atoms with E-state index in [2.05, 4.69) is 18.3 Å². The van der Waals surface area contributed by atoms with Crippen LogP contribution in [0, 0.1) is 18.7 Å². The van der Waals surface area contributed by atoms with Crippen LogP contribution in [0.25, 0.3) is 0 Å². The zero-order valence-corrected chi connectivity index (χ0v) is 13.1. The van der Waals surface area contributed by atoms with Gasteiger partial charge in [0.1, 0.15) is 5.82 Å². The largest absolute Gasteiger partial charge is 0.375 e. The molecule has 1 aromatic carbocycles. The Hall–Kier alpha value is -0.930. The van der Waals surface area contributed by atoms with Crippen molar-refractivity contribution in [2.24, 2.45) is 5.92 Å². The van der Waals surface area contributed by atoms with Crippen molar-refractivity contribution in [1.29, 1.82) is 0 Å². The number of benzene rings is 1. The smallest absolute Gasteiger partial charge is 0.123 e. The Balaban J connectivity index is 1.83. The van der Waals surface area contributed by atoms with Crippen LogP contribution in [0.2, 0.25) is 0 Å². The van der Waals surface area contributed by atoms with Gasteiger partial charge in [-0.1, -0.05) is 13.0 Å². The average molecular weight is 291 g/mol. The van der Waals surface area contributed by atoms with Crippen molar-refractivity contribution in [1.82, 2.24) is 5.32 Å². The molecule has 0 amide bonds. The first-order valence-electron chi connectivity index (χ1n) is 8.26. The molecular weight excluding hydrogens is 265 g/mol. The average Bonchev–Trinajstić information content (AvgIpc) is 2.42. The molecule has 2 unspecified atom stereocenters. The van der Waals surface area contributed by atoms with Crippen molar-refractivity contribution in [2.45, 2.75) is 57.6 Å². The summed E-state index contributed by atoms with van der Waals surface area (Å²) in [4.78, 5) is 0. The fraction of sp³-hybridized carbons (Fsp3) is 0.667. The van der Waals surface area contributed by atoms with Crippen LogP contribution in [0.3, 0.4) is 0 Å². The van der Waals surface area contributed by atoms with Crippen LogP contribution in [0.5, 0.6) is 0 Å². The molecule has 1 N–H and O–H groups in total. The fourth-order valence-corrected chi connectivity index (χ4v) is 3.99. The van der Waals surface area contributed by atoms with Crippen LogP contribution in [-0.4, -0.2) is 18.8 Å². The maximum atomic E-state index is 13.8. The van der Waals surface area contributed by atoms with E-state index in [1.54, 1.807) is 12.1 Å². The molecular formula is C18H26FNO. The van der Waals surface area contributed by atoms with Gasteiger partial charge in [0.25, 0.3) is 0 Å². The predicted molar refractivity (Wildman–Crippen MR) is 82.8 cm³/mol.